The Hall–Kier alpha value is -1.23. The summed E-state index contributed by atoms with van der Waals surface area (Å²) in [6.07, 6.45) is 0.529. The maximum absolute atomic E-state index is 12.1. The molecule has 21 heavy (non-hydrogen) atoms. The molecule has 0 heterocycles. The normalized spacial score (nSPS) is 11.4. The summed E-state index contributed by atoms with van der Waals surface area (Å²) in [5.41, 5.74) is 0. The second kappa shape index (κ2) is 6.69. The predicted molar refractivity (Wildman–Crippen MR) is 85.3 cm³/mol. The minimum atomic E-state index is -3.40. The van der Waals surface area contributed by atoms with Crippen molar-refractivity contribution in [2.45, 2.75) is 18.2 Å². The number of ether oxygens (including phenoxy) is 1. The topological polar surface area (TPSA) is 43.4 Å². The zero-order valence-corrected chi connectivity index (χ0v) is 13.7. The molecule has 6 heteroatoms. The van der Waals surface area contributed by atoms with E-state index in [1.165, 1.54) is 12.1 Å². The molecule has 0 saturated heterocycles. The maximum Gasteiger partial charge on any atom is 0.179 e. The first-order valence-corrected chi connectivity index (χ1v) is 8.79. The minimum Gasteiger partial charge on any atom is -0.457 e. The fourth-order valence-electron chi connectivity index (χ4n) is 1.80. The van der Waals surface area contributed by atoms with Gasteiger partial charge in [-0.1, -0.05) is 30.1 Å². The summed E-state index contributed by atoms with van der Waals surface area (Å²) in [5, 5.41) is 0.802. The van der Waals surface area contributed by atoms with Crippen molar-refractivity contribution in [3.05, 3.63) is 52.5 Å². The largest absolute Gasteiger partial charge is 0.457 e. The first-order chi connectivity index (χ1) is 9.92. The summed E-state index contributed by atoms with van der Waals surface area (Å²) in [4.78, 5) is 0.0949. The van der Waals surface area contributed by atoms with Crippen molar-refractivity contribution >= 4 is 33.0 Å². The number of sulfone groups is 1. The van der Waals surface area contributed by atoms with Crippen LogP contribution in [-0.2, 0) is 9.84 Å². The summed E-state index contributed by atoms with van der Waals surface area (Å²) in [5.74, 6) is 1.04. The lowest BCUT2D eigenvalue weighted by atomic mass is 10.3. The summed E-state index contributed by atoms with van der Waals surface area (Å²) < 4.78 is 29.9. The van der Waals surface area contributed by atoms with Gasteiger partial charge in [0.1, 0.15) is 11.5 Å². The van der Waals surface area contributed by atoms with Gasteiger partial charge in [-0.25, -0.2) is 8.42 Å². The lowest BCUT2D eigenvalue weighted by Crippen LogP contribution is -2.06. The number of benzene rings is 2. The van der Waals surface area contributed by atoms with Crippen LogP contribution in [0.2, 0.25) is 10.0 Å². The van der Waals surface area contributed by atoms with Crippen LogP contribution in [0.1, 0.15) is 13.3 Å². The number of hydrogen-bond acceptors (Lipinski definition) is 3. The SMILES string of the molecule is CCCS(=O)(=O)c1cc(Oc2ccc(Cl)cc2)ccc1Cl. The number of rotatable bonds is 5. The molecule has 0 fully saturated rings. The van der Waals surface area contributed by atoms with Crippen LogP contribution in [0, 0.1) is 0 Å². The molecular weight excluding hydrogens is 331 g/mol. The second-order valence-corrected chi connectivity index (χ2v) is 7.39. The van der Waals surface area contributed by atoms with Crippen molar-refractivity contribution < 1.29 is 13.2 Å². The third-order valence-electron chi connectivity index (χ3n) is 2.76. The Labute approximate surface area is 134 Å². The van der Waals surface area contributed by atoms with Gasteiger partial charge < -0.3 is 4.74 Å². The summed E-state index contributed by atoms with van der Waals surface area (Å²) in [6.45, 7) is 1.81. The van der Waals surface area contributed by atoms with Crippen LogP contribution in [0.3, 0.4) is 0 Å². The van der Waals surface area contributed by atoms with Crippen molar-refractivity contribution in [3.8, 4) is 11.5 Å². The molecule has 0 aliphatic heterocycles. The maximum atomic E-state index is 12.1. The molecule has 0 spiro atoms. The van der Waals surface area contributed by atoms with E-state index in [-0.39, 0.29) is 15.7 Å². The van der Waals surface area contributed by atoms with E-state index in [2.05, 4.69) is 0 Å². The summed E-state index contributed by atoms with van der Waals surface area (Å²) >= 11 is 11.8. The molecule has 0 unspecified atom stereocenters. The predicted octanol–water partition coefficient (Wildman–Crippen LogP) is 4.97. The molecule has 0 bridgehead atoms. The molecular formula is C15H14Cl2O3S. The fraction of sp³-hybridized carbons (Fsp3) is 0.200. The van der Waals surface area contributed by atoms with Crippen LogP contribution in [0.25, 0.3) is 0 Å². The fourth-order valence-corrected chi connectivity index (χ4v) is 3.82. The molecule has 0 saturated carbocycles. The van der Waals surface area contributed by atoms with Gasteiger partial charge >= 0.3 is 0 Å². The average Bonchev–Trinajstić information content (AvgIpc) is 2.43. The van der Waals surface area contributed by atoms with Crippen LogP contribution in [0.15, 0.2) is 47.4 Å². The highest BCUT2D eigenvalue weighted by Gasteiger charge is 2.18. The van der Waals surface area contributed by atoms with Gasteiger partial charge in [0.15, 0.2) is 9.84 Å². The first kappa shape index (κ1) is 16.1. The Morgan fingerprint density at radius 3 is 2.24 bits per heavy atom. The van der Waals surface area contributed by atoms with Gasteiger partial charge in [-0.2, -0.15) is 0 Å². The lowest BCUT2D eigenvalue weighted by Gasteiger charge is -2.10. The van der Waals surface area contributed by atoms with E-state index in [1.54, 1.807) is 37.3 Å². The zero-order chi connectivity index (χ0) is 15.5. The molecule has 3 nitrogen and oxygen atoms in total. The molecule has 0 aliphatic rings. The Kier molecular flexibility index (Phi) is 5.14. The molecule has 0 aliphatic carbocycles. The van der Waals surface area contributed by atoms with Gasteiger partial charge in [0.05, 0.1) is 15.7 Å². The van der Waals surface area contributed by atoms with Crippen LogP contribution < -0.4 is 4.74 Å². The standard InChI is InChI=1S/C15H14Cl2O3S/c1-2-9-21(18,19)15-10-13(7-8-14(15)17)20-12-5-3-11(16)4-6-12/h3-8,10H,2,9H2,1H3. The third kappa shape index (κ3) is 4.13. The van der Waals surface area contributed by atoms with Crippen molar-refractivity contribution in [2.24, 2.45) is 0 Å². The van der Waals surface area contributed by atoms with Crippen LogP contribution in [0.4, 0.5) is 0 Å². The highest BCUT2D eigenvalue weighted by molar-refractivity contribution is 7.91. The van der Waals surface area contributed by atoms with Gasteiger partial charge in [-0.05, 0) is 42.8 Å². The molecule has 0 radical (unpaired) electrons. The smallest absolute Gasteiger partial charge is 0.179 e. The van der Waals surface area contributed by atoms with E-state index in [0.717, 1.165) is 0 Å². The van der Waals surface area contributed by atoms with Gasteiger partial charge in [-0.3, -0.25) is 0 Å². The monoisotopic (exact) mass is 344 g/mol. The Bertz CT molecular complexity index is 725. The first-order valence-electron chi connectivity index (χ1n) is 6.38. The Balaban J connectivity index is 2.32. The molecule has 112 valence electrons. The van der Waals surface area contributed by atoms with Gasteiger partial charge in [0, 0.05) is 11.1 Å². The third-order valence-corrected chi connectivity index (χ3v) is 5.41. The van der Waals surface area contributed by atoms with Crippen molar-refractivity contribution in [2.75, 3.05) is 5.75 Å². The zero-order valence-electron chi connectivity index (χ0n) is 11.3. The quantitative estimate of drug-likeness (QED) is 0.768. The van der Waals surface area contributed by atoms with E-state index in [0.29, 0.717) is 22.9 Å². The Morgan fingerprint density at radius 2 is 1.62 bits per heavy atom. The van der Waals surface area contributed by atoms with Crippen LogP contribution in [0.5, 0.6) is 11.5 Å². The molecule has 0 amide bonds. The van der Waals surface area contributed by atoms with Crippen LogP contribution >= 0.6 is 23.2 Å². The van der Waals surface area contributed by atoms with Crippen molar-refractivity contribution in [3.63, 3.8) is 0 Å². The molecule has 0 atom stereocenters. The lowest BCUT2D eigenvalue weighted by molar-refractivity contribution is 0.480. The summed E-state index contributed by atoms with van der Waals surface area (Å²) in [7, 11) is -3.40. The number of hydrogen-bond donors (Lipinski definition) is 0. The van der Waals surface area contributed by atoms with Crippen molar-refractivity contribution in [1.29, 1.82) is 0 Å². The molecule has 2 aromatic carbocycles. The van der Waals surface area contributed by atoms with E-state index in [4.69, 9.17) is 27.9 Å². The Morgan fingerprint density at radius 1 is 1.00 bits per heavy atom. The molecule has 2 rings (SSSR count). The van der Waals surface area contributed by atoms with Crippen molar-refractivity contribution in [1.82, 2.24) is 0 Å². The highest BCUT2D eigenvalue weighted by Crippen LogP contribution is 2.30. The molecule has 2 aromatic rings. The van der Waals surface area contributed by atoms with Crippen LogP contribution in [-0.4, -0.2) is 14.2 Å². The summed E-state index contributed by atoms with van der Waals surface area (Å²) in [6, 6.07) is 11.4. The van der Waals surface area contributed by atoms with E-state index >= 15 is 0 Å². The minimum absolute atomic E-state index is 0.0527. The second-order valence-electron chi connectivity index (χ2n) is 4.47. The molecule has 0 N–H and O–H groups in total. The van der Waals surface area contributed by atoms with Gasteiger partial charge in [0.2, 0.25) is 0 Å². The highest BCUT2D eigenvalue weighted by atomic mass is 35.5. The average molecular weight is 345 g/mol. The van der Waals surface area contributed by atoms with Gasteiger partial charge in [-0.15, -0.1) is 0 Å². The van der Waals surface area contributed by atoms with E-state index in [1.807, 2.05) is 0 Å². The van der Waals surface area contributed by atoms with E-state index in [9.17, 15) is 8.42 Å². The molecule has 0 aromatic heterocycles. The number of halogens is 2. The van der Waals surface area contributed by atoms with Gasteiger partial charge in [0.25, 0.3) is 0 Å². The van der Waals surface area contributed by atoms with E-state index < -0.39 is 9.84 Å².